The van der Waals surface area contributed by atoms with E-state index in [1.54, 1.807) is 0 Å². The summed E-state index contributed by atoms with van der Waals surface area (Å²) in [6, 6.07) is 35.1. The number of benzene rings is 4. The van der Waals surface area contributed by atoms with Crippen molar-refractivity contribution in [3.8, 4) is 5.69 Å². The van der Waals surface area contributed by atoms with Gasteiger partial charge in [-0.25, -0.2) is 0 Å². The number of hydrogen-bond donors (Lipinski definition) is 2. The lowest BCUT2D eigenvalue weighted by molar-refractivity contribution is 0.406. The Balaban J connectivity index is 0.000000422. The summed E-state index contributed by atoms with van der Waals surface area (Å²) in [7, 11) is 0. The first-order chi connectivity index (χ1) is 30.5. The number of para-hydroxylation sites is 1. The summed E-state index contributed by atoms with van der Waals surface area (Å²) in [6.45, 7) is 17.5. The van der Waals surface area contributed by atoms with Crippen LogP contribution in [0.15, 0.2) is 187 Å². The van der Waals surface area contributed by atoms with Gasteiger partial charge < -0.3 is 25.2 Å². The summed E-state index contributed by atoms with van der Waals surface area (Å²) in [6.07, 6.45) is 34.4. The van der Waals surface area contributed by atoms with E-state index in [-0.39, 0.29) is 5.41 Å². The van der Waals surface area contributed by atoms with Crippen LogP contribution in [0.5, 0.6) is 0 Å². The molecule has 0 saturated carbocycles. The Morgan fingerprint density at radius 1 is 0.871 bits per heavy atom. The molecule has 0 amide bonds. The van der Waals surface area contributed by atoms with Gasteiger partial charge in [-0.05, 0) is 135 Å². The molecule has 3 atom stereocenters. The molecule has 0 spiro atoms. The minimum Gasteiger partial charge on any atom is -0.317 e. The van der Waals surface area contributed by atoms with E-state index in [2.05, 4.69) is 223 Å². The number of fused-ring (bicyclic) bond motifs is 7. The van der Waals surface area contributed by atoms with Crippen LogP contribution < -0.4 is 10.2 Å². The van der Waals surface area contributed by atoms with Crippen molar-refractivity contribution >= 4 is 41.7 Å². The fourth-order valence-corrected chi connectivity index (χ4v) is 9.41. The molecular formula is C57H61N5. The van der Waals surface area contributed by atoms with Gasteiger partial charge in [-0.15, -0.1) is 0 Å². The largest absolute Gasteiger partial charge is 0.317 e. The standard InChI is InChI=1S/C47H45N3.C9H13N.CH3N/c1-3-14-40(31-35-22-24-37(25-23-35)33-48-32-36-16-6-4-7-17-36)49-30-13-12-15-34(2)45-42(49)28-29-44-47(45)46-41-21-11-10-18-38(41)26-27-43(46)50(44)39-19-8-5-9-20-39;1-9(8-10-2)6-4-3-5-7-9;1-2/h3-10,12-20,22-25,28-31,38,41,48H,2,11,21,26-27,32-33H2,1H3;3-6H,2,7-8H2,1H3;2H,1H2/b14-3-,15-12-,30-13-,40-31+;;. The fraction of sp³-hybridized carbons (Fsp3) is 0.228. The van der Waals surface area contributed by atoms with Crippen LogP contribution in [0.3, 0.4) is 0 Å². The number of nitrogens with one attached hydrogen (secondary N) is 2. The van der Waals surface area contributed by atoms with Crippen LogP contribution in [0.25, 0.3) is 28.2 Å². The van der Waals surface area contributed by atoms with Crippen LogP contribution >= 0.6 is 0 Å². The van der Waals surface area contributed by atoms with Crippen molar-refractivity contribution in [2.45, 2.75) is 65.0 Å². The number of aromatic nitrogens is 1. The minimum absolute atomic E-state index is 0.233. The average Bonchev–Trinajstić information content (AvgIpc) is 3.65. The highest BCUT2D eigenvalue weighted by molar-refractivity contribution is 6.05. The molecule has 62 heavy (non-hydrogen) atoms. The van der Waals surface area contributed by atoms with E-state index in [1.807, 2.05) is 0 Å². The first-order valence-corrected chi connectivity index (χ1v) is 22.0. The van der Waals surface area contributed by atoms with E-state index in [1.165, 1.54) is 62.9 Å². The number of allylic oxidation sites excluding steroid dienone is 11. The first-order valence-electron chi connectivity index (χ1n) is 22.0. The van der Waals surface area contributed by atoms with Crippen LogP contribution in [-0.2, 0) is 19.5 Å². The Kier molecular flexibility index (Phi) is 14.6. The first kappa shape index (κ1) is 43.5. The highest BCUT2D eigenvalue weighted by atomic mass is 15.1. The molecular weight excluding hydrogens is 755 g/mol. The molecule has 0 radical (unpaired) electrons. The highest BCUT2D eigenvalue weighted by Crippen LogP contribution is 2.51. The Hall–Kier alpha value is -6.56. The molecule has 5 heteroatoms. The Labute approximate surface area is 369 Å². The van der Waals surface area contributed by atoms with Gasteiger partial charge in [0, 0.05) is 59.3 Å². The van der Waals surface area contributed by atoms with Crippen molar-refractivity contribution in [1.29, 1.82) is 5.41 Å². The fourth-order valence-electron chi connectivity index (χ4n) is 9.41. The van der Waals surface area contributed by atoms with Gasteiger partial charge in [-0.3, -0.25) is 0 Å². The molecule has 0 fully saturated rings. The maximum absolute atomic E-state index is 5.50. The third-order valence-electron chi connectivity index (χ3n) is 12.3. The predicted molar refractivity (Wildman–Crippen MR) is 267 cm³/mol. The van der Waals surface area contributed by atoms with Crippen molar-refractivity contribution in [1.82, 2.24) is 9.88 Å². The second-order valence-electron chi connectivity index (χ2n) is 16.7. The van der Waals surface area contributed by atoms with E-state index in [4.69, 9.17) is 12.0 Å². The average molecular weight is 816 g/mol. The lowest BCUT2D eigenvalue weighted by Gasteiger charge is -2.34. The van der Waals surface area contributed by atoms with Crippen molar-refractivity contribution in [3.63, 3.8) is 0 Å². The summed E-state index contributed by atoms with van der Waals surface area (Å²) in [5.41, 5.74) is 14.1. The number of rotatable bonds is 10. The van der Waals surface area contributed by atoms with Gasteiger partial charge in [0.25, 0.3) is 0 Å². The molecule has 5 nitrogen and oxygen atoms in total. The SMILES string of the molecule is C=C1/C=C\C=C/N(C(/C=C\C)=C/c2ccc(CNCc3ccccc3)cc2)c2ccc3c(c21)c1c(n3-c2ccccc2)CCC2C=CCCC12.C=N.C=NCC1(C)C=CC=CC1. The van der Waals surface area contributed by atoms with Crippen LogP contribution in [0.4, 0.5) is 5.69 Å². The lowest BCUT2D eigenvalue weighted by Crippen LogP contribution is -2.22. The zero-order valence-corrected chi connectivity index (χ0v) is 36.5. The molecule has 9 rings (SSSR count). The van der Waals surface area contributed by atoms with Gasteiger partial charge in [0.15, 0.2) is 0 Å². The van der Waals surface area contributed by atoms with Gasteiger partial charge in [0.2, 0.25) is 0 Å². The molecule has 3 unspecified atom stereocenters. The minimum atomic E-state index is 0.233. The monoisotopic (exact) mass is 815 g/mol. The Morgan fingerprint density at radius 2 is 1.61 bits per heavy atom. The summed E-state index contributed by atoms with van der Waals surface area (Å²) in [5, 5.41) is 10.4. The highest BCUT2D eigenvalue weighted by Gasteiger charge is 2.36. The van der Waals surface area contributed by atoms with Crippen molar-refractivity contribution in [3.05, 3.63) is 216 Å². The van der Waals surface area contributed by atoms with Crippen LogP contribution in [0, 0.1) is 16.7 Å². The Morgan fingerprint density at radius 3 is 2.32 bits per heavy atom. The van der Waals surface area contributed by atoms with Crippen molar-refractivity contribution in [2.75, 3.05) is 11.4 Å². The van der Waals surface area contributed by atoms with E-state index < -0.39 is 0 Å². The number of aliphatic imine (C=N–C) groups is 1. The van der Waals surface area contributed by atoms with Crippen LogP contribution in [0.2, 0.25) is 0 Å². The molecule has 4 aromatic carbocycles. The molecule has 314 valence electrons. The summed E-state index contributed by atoms with van der Waals surface area (Å²) < 4.78 is 2.55. The van der Waals surface area contributed by atoms with Crippen LogP contribution in [-0.4, -0.2) is 24.5 Å². The summed E-state index contributed by atoms with van der Waals surface area (Å²) >= 11 is 0. The third-order valence-corrected chi connectivity index (χ3v) is 12.3. The quantitative estimate of drug-likeness (QED) is 0.0838. The van der Waals surface area contributed by atoms with Crippen molar-refractivity contribution < 1.29 is 0 Å². The number of hydrogen-bond acceptors (Lipinski definition) is 4. The number of anilines is 1. The summed E-state index contributed by atoms with van der Waals surface area (Å²) in [5.74, 6) is 1.10. The molecule has 2 N–H and O–H groups in total. The zero-order chi connectivity index (χ0) is 43.3. The normalized spacial score (nSPS) is 21.0. The van der Waals surface area contributed by atoms with Gasteiger partial charge in [-0.2, -0.15) is 0 Å². The predicted octanol–water partition coefficient (Wildman–Crippen LogP) is 13.9. The van der Waals surface area contributed by atoms with E-state index in [0.717, 1.165) is 55.9 Å². The molecule has 1 aliphatic heterocycles. The smallest absolute Gasteiger partial charge is 0.0542 e. The van der Waals surface area contributed by atoms with Gasteiger partial charge in [-0.1, -0.05) is 141 Å². The molecule has 5 aromatic rings. The maximum atomic E-state index is 5.50. The van der Waals surface area contributed by atoms with E-state index >= 15 is 0 Å². The zero-order valence-electron chi connectivity index (χ0n) is 36.5. The van der Waals surface area contributed by atoms with Gasteiger partial charge in [0.1, 0.15) is 0 Å². The van der Waals surface area contributed by atoms with Gasteiger partial charge >= 0.3 is 0 Å². The second kappa shape index (κ2) is 20.8. The summed E-state index contributed by atoms with van der Waals surface area (Å²) in [4.78, 5) is 6.25. The molecule has 2 heterocycles. The van der Waals surface area contributed by atoms with Crippen molar-refractivity contribution in [2.24, 2.45) is 16.3 Å². The topological polar surface area (TPSA) is 56.4 Å². The van der Waals surface area contributed by atoms with Gasteiger partial charge in [0.05, 0.1) is 11.2 Å². The van der Waals surface area contributed by atoms with E-state index in [0.29, 0.717) is 11.8 Å². The second-order valence-corrected chi connectivity index (χ2v) is 16.7. The third kappa shape index (κ3) is 9.80. The molecule has 4 aliphatic rings. The van der Waals surface area contributed by atoms with Crippen LogP contribution in [0.1, 0.15) is 79.0 Å². The maximum Gasteiger partial charge on any atom is 0.0542 e. The molecule has 1 aromatic heterocycles. The molecule has 3 aliphatic carbocycles. The Bertz CT molecular complexity index is 2540. The molecule has 0 saturated heterocycles. The lowest BCUT2D eigenvalue weighted by atomic mass is 9.71. The van der Waals surface area contributed by atoms with E-state index in [9.17, 15) is 0 Å². The molecule has 0 bridgehead atoms. The number of nitrogens with zero attached hydrogens (tertiary/aromatic N) is 3.